The summed E-state index contributed by atoms with van der Waals surface area (Å²) in [6.07, 6.45) is 6.49. The summed E-state index contributed by atoms with van der Waals surface area (Å²) in [7, 11) is 0. The molecule has 2 aliphatic rings. The van der Waals surface area contributed by atoms with Crippen LogP contribution in [-0.4, -0.2) is 83.8 Å². The fourth-order valence-corrected chi connectivity index (χ4v) is 6.84. The second-order valence-corrected chi connectivity index (χ2v) is 12.7. The first-order valence-corrected chi connectivity index (χ1v) is 17.3. The van der Waals surface area contributed by atoms with Crippen molar-refractivity contribution < 1.29 is 19.1 Å². The van der Waals surface area contributed by atoms with Crippen LogP contribution >= 0.6 is 37.0 Å². The number of fused-ring (bicyclic) bond motifs is 1. The SMILES string of the molecule is O=C(CCCC[C@@H]1SC[C@@H]2NC(=O)N[C@@H]21)NCCCCCCOC(=O)Nc1cc(CNCCS)nc(CNCCS)c1. The molecule has 14 heteroatoms. The molecule has 11 nitrogen and oxygen atoms in total. The molecular weight excluding hydrogens is 595 g/mol. The molecule has 1 aromatic rings. The number of hydrogen-bond acceptors (Lipinski definition) is 10. The number of thioether (sulfide) groups is 1. The molecule has 6 N–H and O–H groups in total. The van der Waals surface area contributed by atoms with Crippen LogP contribution in [0.4, 0.5) is 15.3 Å². The first kappa shape index (κ1) is 34.6. The predicted octanol–water partition coefficient (Wildman–Crippen LogP) is 3.07. The van der Waals surface area contributed by atoms with E-state index in [1.807, 2.05) is 23.9 Å². The number of aromatic nitrogens is 1. The summed E-state index contributed by atoms with van der Waals surface area (Å²) >= 11 is 10.3. The highest BCUT2D eigenvalue weighted by Crippen LogP contribution is 2.33. The van der Waals surface area contributed by atoms with Crippen molar-refractivity contribution in [3.8, 4) is 0 Å². The van der Waals surface area contributed by atoms with Gasteiger partial charge in [-0.05, 0) is 44.2 Å². The highest BCUT2D eigenvalue weighted by molar-refractivity contribution is 8.00. The normalized spacial score (nSPS) is 19.2. The average Bonchev–Trinajstić information content (AvgIpc) is 3.52. The van der Waals surface area contributed by atoms with Gasteiger partial charge in [-0.2, -0.15) is 37.0 Å². The van der Waals surface area contributed by atoms with Crippen molar-refractivity contribution in [2.75, 3.05) is 48.8 Å². The van der Waals surface area contributed by atoms with Crippen molar-refractivity contribution in [2.24, 2.45) is 0 Å². The summed E-state index contributed by atoms with van der Waals surface area (Å²) in [6.45, 7) is 3.73. The van der Waals surface area contributed by atoms with E-state index in [1.54, 1.807) is 0 Å². The molecular formula is C28H47N7O4S3. The number of urea groups is 1. The van der Waals surface area contributed by atoms with Crippen LogP contribution in [0.1, 0.15) is 62.8 Å². The fourth-order valence-electron chi connectivity index (χ4n) is 4.98. The fraction of sp³-hybridized carbons (Fsp3) is 0.714. The molecule has 2 aliphatic heterocycles. The van der Waals surface area contributed by atoms with Crippen LogP contribution in [-0.2, 0) is 22.6 Å². The zero-order chi connectivity index (χ0) is 30.0. The van der Waals surface area contributed by atoms with Gasteiger partial charge in [0.1, 0.15) is 0 Å². The maximum absolute atomic E-state index is 12.3. The second-order valence-electron chi connectivity index (χ2n) is 10.5. The van der Waals surface area contributed by atoms with E-state index >= 15 is 0 Å². The van der Waals surface area contributed by atoms with Crippen LogP contribution < -0.4 is 31.9 Å². The number of nitrogens with one attached hydrogen (secondary N) is 6. The van der Waals surface area contributed by atoms with E-state index in [-0.39, 0.29) is 24.0 Å². The maximum Gasteiger partial charge on any atom is 0.411 e. The minimum atomic E-state index is -0.479. The van der Waals surface area contributed by atoms with Crippen molar-refractivity contribution >= 4 is 60.7 Å². The Morgan fingerprint density at radius 1 is 0.952 bits per heavy atom. The van der Waals surface area contributed by atoms with E-state index < -0.39 is 6.09 Å². The predicted molar refractivity (Wildman–Crippen MR) is 176 cm³/mol. The Kier molecular flexibility index (Phi) is 16.6. The number of carbonyl (C=O) groups excluding carboxylic acids is 3. The number of nitrogens with zero attached hydrogens (tertiary/aromatic N) is 1. The Bertz CT molecular complexity index is 963. The molecule has 0 aliphatic carbocycles. The third-order valence-corrected chi connectivity index (χ3v) is 9.03. The molecule has 3 rings (SSSR count). The number of rotatable bonds is 21. The molecule has 0 aromatic carbocycles. The number of unbranched alkanes of at least 4 members (excludes halogenated alkanes) is 4. The van der Waals surface area contributed by atoms with Gasteiger partial charge in [0.25, 0.3) is 0 Å². The molecule has 4 amide bonds. The molecule has 3 heterocycles. The third kappa shape index (κ3) is 13.2. The number of amides is 4. The second kappa shape index (κ2) is 20.2. The maximum atomic E-state index is 12.3. The Labute approximate surface area is 264 Å². The van der Waals surface area contributed by atoms with Gasteiger partial charge in [0, 0.05) is 67.3 Å². The number of ether oxygens (including phenoxy) is 1. The molecule has 0 unspecified atom stereocenters. The molecule has 1 aromatic heterocycles. The van der Waals surface area contributed by atoms with Crippen LogP contribution in [0, 0.1) is 0 Å². The highest BCUT2D eigenvalue weighted by Gasteiger charge is 2.42. The molecule has 0 saturated carbocycles. The van der Waals surface area contributed by atoms with E-state index in [0.29, 0.717) is 43.6 Å². The summed E-state index contributed by atoms with van der Waals surface area (Å²) in [5.74, 6) is 2.53. The monoisotopic (exact) mass is 641 g/mol. The van der Waals surface area contributed by atoms with Gasteiger partial charge >= 0.3 is 12.1 Å². The molecule has 2 fully saturated rings. The topological polar surface area (TPSA) is 146 Å². The lowest BCUT2D eigenvalue weighted by molar-refractivity contribution is -0.121. The van der Waals surface area contributed by atoms with Crippen molar-refractivity contribution in [1.29, 1.82) is 0 Å². The molecule has 42 heavy (non-hydrogen) atoms. The number of carbonyl (C=O) groups is 3. The number of anilines is 1. The summed E-state index contributed by atoms with van der Waals surface area (Å²) in [5.41, 5.74) is 2.33. The van der Waals surface area contributed by atoms with Gasteiger partial charge in [0.05, 0.1) is 30.1 Å². The van der Waals surface area contributed by atoms with Gasteiger partial charge in [-0.15, -0.1) is 0 Å². The smallest absolute Gasteiger partial charge is 0.411 e. The summed E-state index contributed by atoms with van der Waals surface area (Å²) in [4.78, 5) is 40.6. The minimum absolute atomic E-state index is 0.0562. The molecule has 3 atom stereocenters. The van der Waals surface area contributed by atoms with E-state index in [0.717, 1.165) is 86.7 Å². The standard InChI is InChI=1S/C28H47N7O4S3/c36-25(8-4-3-7-24-26-23(19-42-24)34-27(37)35-26)31-9-5-1-2-6-12-39-28(38)33-20-15-21(17-29-10-13-40)32-22(16-20)18-30-11-14-41/h15-16,23-24,26,29-30,40-41H,1-14,17-19H2,(H,31,36)(H,32,33,38)(H2,34,35,37)/t23-,24-,26-/m0/s1. The third-order valence-electron chi connectivity index (χ3n) is 7.07. The van der Waals surface area contributed by atoms with Crippen molar-refractivity contribution in [3.05, 3.63) is 23.5 Å². The van der Waals surface area contributed by atoms with E-state index in [4.69, 9.17) is 4.74 Å². The molecule has 0 spiro atoms. The average molecular weight is 642 g/mol. The summed E-state index contributed by atoms with van der Waals surface area (Å²) < 4.78 is 5.37. The quantitative estimate of drug-likeness (QED) is 0.0581. The molecule has 0 radical (unpaired) electrons. The zero-order valence-corrected chi connectivity index (χ0v) is 26.9. The summed E-state index contributed by atoms with van der Waals surface area (Å²) in [6, 6.07) is 4.12. The van der Waals surface area contributed by atoms with Gasteiger partial charge in [-0.25, -0.2) is 9.59 Å². The largest absolute Gasteiger partial charge is 0.449 e. The van der Waals surface area contributed by atoms with Crippen LogP contribution in [0.3, 0.4) is 0 Å². The van der Waals surface area contributed by atoms with Crippen molar-refractivity contribution in [3.63, 3.8) is 0 Å². The minimum Gasteiger partial charge on any atom is -0.449 e. The van der Waals surface area contributed by atoms with Gasteiger partial charge in [0.2, 0.25) is 5.91 Å². The molecule has 0 bridgehead atoms. The van der Waals surface area contributed by atoms with E-state index in [1.165, 1.54) is 0 Å². The number of pyridine rings is 1. The van der Waals surface area contributed by atoms with Crippen molar-refractivity contribution in [2.45, 2.75) is 81.8 Å². The first-order valence-electron chi connectivity index (χ1n) is 15.0. The lowest BCUT2D eigenvalue weighted by atomic mass is 10.0. The van der Waals surface area contributed by atoms with Crippen molar-refractivity contribution in [1.82, 2.24) is 31.6 Å². The lowest BCUT2D eigenvalue weighted by Gasteiger charge is -2.16. The Morgan fingerprint density at radius 3 is 2.38 bits per heavy atom. The lowest BCUT2D eigenvalue weighted by Crippen LogP contribution is -2.36. The van der Waals surface area contributed by atoms with Crippen LogP contribution in [0.2, 0.25) is 0 Å². The van der Waals surface area contributed by atoms with Gasteiger partial charge in [0.15, 0.2) is 0 Å². The van der Waals surface area contributed by atoms with Crippen LogP contribution in [0.25, 0.3) is 0 Å². The van der Waals surface area contributed by atoms with E-state index in [2.05, 4.69) is 62.1 Å². The van der Waals surface area contributed by atoms with Gasteiger partial charge in [-0.3, -0.25) is 15.1 Å². The first-order chi connectivity index (χ1) is 20.5. The van der Waals surface area contributed by atoms with Gasteiger partial charge < -0.3 is 31.3 Å². The van der Waals surface area contributed by atoms with Crippen LogP contribution in [0.5, 0.6) is 0 Å². The van der Waals surface area contributed by atoms with Gasteiger partial charge in [-0.1, -0.05) is 12.8 Å². The Morgan fingerprint density at radius 2 is 1.67 bits per heavy atom. The number of hydrogen-bond donors (Lipinski definition) is 8. The molecule has 2 saturated heterocycles. The van der Waals surface area contributed by atoms with Crippen LogP contribution in [0.15, 0.2) is 12.1 Å². The summed E-state index contributed by atoms with van der Waals surface area (Å²) in [5, 5.41) is 18.8. The Balaban J connectivity index is 1.20. The van der Waals surface area contributed by atoms with E-state index in [9.17, 15) is 14.4 Å². The number of thiol groups is 2. The zero-order valence-electron chi connectivity index (χ0n) is 24.3. The Hall–Kier alpha value is -1.87. The molecule has 236 valence electrons. The highest BCUT2D eigenvalue weighted by atomic mass is 32.2.